The summed E-state index contributed by atoms with van der Waals surface area (Å²) in [5.41, 5.74) is 1.51. The monoisotopic (exact) mass is 242 g/mol. The molecule has 0 N–H and O–H groups in total. The van der Waals surface area contributed by atoms with Gasteiger partial charge in [-0.1, -0.05) is 13.8 Å². The van der Waals surface area contributed by atoms with Gasteiger partial charge in [0.1, 0.15) is 5.56 Å². The van der Waals surface area contributed by atoms with Gasteiger partial charge in [0.15, 0.2) is 0 Å². The molecule has 1 rings (SSSR count). The first-order valence-corrected chi connectivity index (χ1v) is 6.40. The maximum absolute atomic E-state index is 11.6. The Morgan fingerprint density at radius 1 is 1.62 bits per heavy atom. The van der Waals surface area contributed by atoms with E-state index in [0.717, 1.165) is 11.4 Å². The van der Waals surface area contributed by atoms with E-state index in [-0.39, 0.29) is 5.97 Å². The molecule has 0 radical (unpaired) electrons. The van der Waals surface area contributed by atoms with Crippen LogP contribution in [0.2, 0.25) is 0 Å². The zero-order valence-electron chi connectivity index (χ0n) is 10.2. The van der Waals surface area contributed by atoms with E-state index in [1.54, 1.807) is 29.6 Å². The van der Waals surface area contributed by atoms with E-state index < -0.39 is 0 Å². The van der Waals surface area contributed by atoms with Crippen LogP contribution in [0.25, 0.3) is 0 Å². The van der Waals surface area contributed by atoms with Crippen molar-refractivity contribution < 1.29 is 9.53 Å². The van der Waals surface area contributed by atoms with Crippen molar-refractivity contribution in [3.63, 3.8) is 0 Å². The number of nitrogens with zero attached hydrogens (tertiary/aromatic N) is 2. The second-order valence-electron chi connectivity index (χ2n) is 3.71. The number of aryl methyl sites for hydroxylation is 1. The first-order valence-electron chi connectivity index (χ1n) is 5.35. The number of rotatable bonds is 5. The van der Waals surface area contributed by atoms with Gasteiger partial charge in [0.05, 0.1) is 18.5 Å². The third-order valence-electron chi connectivity index (χ3n) is 2.11. The average molecular weight is 242 g/mol. The highest BCUT2D eigenvalue weighted by molar-refractivity contribution is 7.99. The van der Waals surface area contributed by atoms with Gasteiger partial charge in [-0.05, 0) is 12.2 Å². The number of aromatic nitrogens is 2. The van der Waals surface area contributed by atoms with Crippen LogP contribution in [0.3, 0.4) is 0 Å². The Morgan fingerprint density at radius 3 is 2.88 bits per heavy atom. The molecule has 0 amide bonds. The highest BCUT2D eigenvalue weighted by atomic mass is 32.2. The van der Waals surface area contributed by atoms with E-state index in [9.17, 15) is 4.79 Å². The molecule has 4 nitrogen and oxygen atoms in total. The van der Waals surface area contributed by atoms with Crippen LogP contribution in [-0.2, 0) is 17.5 Å². The van der Waals surface area contributed by atoms with Crippen LogP contribution in [0.4, 0.5) is 0 Å². The van der Waals surface area contributed by atoms with Crippen molar-refractivity contribution in [2.75, 3.05) is 6.61 Å². The summed E-state index contributed by atoms with van der Waals surface area (Å²) >= 11 is 1.78. The summed E-state index contributed by atoms with van der Waals surface area (Å²) < 4.78 is 6.72. The zero-order valence-corrected chi connectivity index (χ0v) is 11.0. The number of hydrogen-bond donors (Lipinski definition) is 0. The topological polar surface area (TPSA) is 44.1 Å². The Morgan fingerprint density at radius 2 is 2.31 bits per heavy atom. The van der Waals surface area contributed by atoms with E-state index >= 15 is 0 Å². The molecule has 1 heterocycles. The van der Waals surface area contributed by atoms with Crippen LogP contribution in [0.1, 0.15) is 36.8 Å². The minimum absolute atomic E-state index is 0.282. The van der Waals surface area contributed by atoms with Gasteiger partial charge in [0, 0.05) is 12.8 Å². The lowest BCUT2D eigenvalue weighted by Crippen LogP contribution is -2.08. The maximum atomic E-state index is 11.6. The van der Waals surface area contributed by atoms with Crippen LogP contribution in [0, 0.1) is 0 Å². The first-order chi connectivity index (χ1) is 7.56. The number of hydrogen-bond acceptors (Lipinski definition) is 4. The number of esters is 1. The van der Waals surface area contributed by atoms with Crippen LogP contribution >= 0.6 is 11.8 Å². The molecule has 0 saturated carbocycles. The van der Waals surface area contributed by atoms with Crippen molar-refractivity contribution in [3.05, 3.63) is 17.5 Å². The highest BCUT2D eigenvalue weighted by Gasteiger charge is 2.17. The fourth-order valence-electron chi connectivity index (χ4n) is 1.26. The molecule has 0 aromatic carbocycles. The molecule has 0 saturated heterocycles. The standard InChI is InChI=1S/C11H18N2O2S/c1-5-15-11(14)9-6-12-13(4)10(9)7-16-8(2)3/h6,8H,5,7H2,1-4H3. The molecule has 0 aliphatic rings. The van der Waals surface area contributed by atoms with Crippen molar-refractivity contribution in [2.45, 2.75) is 31.8 Å². The average Bonchev–Trinajstić information content (AvgIpc) is 2.57. The van der Waals surface area contributed by atoms with Gasteiger partial charge in [-0.15, -0.1) is 0 Å². The fraction of sp³-hybridized carbons (Fsp3) is 0.636. The Labute approximate surface area is 100 Å². The van der Waals surface area contributed by atoms with Crippen LogP contribution in [-0.4, -0.2) is 27.6 Å². The summed E-state index contributed by atoms with van der Waals surface area (Å²) in [7, 11) is 1.85. The molecule has 1 aromatic heterocycles. The number of ether oxygens (including phenoxy) is 1. The van der Waals surface area contributed by atoms with Gasteiger partial charge in [-0.2, -0.15) is 16.9 Å². The summed E-state index contributed by atoms with van der Waals surface area (Å²) in [6.45, 7) is 6.46. The van der Waals surface area contributed by atoms with Gasteiger partial charge in [-0.3, -0.25) is 4.68 Å². The van der Waals surface area contributed by atoms with Crippen molar-refractivity contribution in [2.24, 2.45) is 7.05 Å². The lowest BCUT2D eigenvalue weighted by molar-refractivity contribution is 0.0525. The minimum atomic E-state index is -0.282. The predicted octanol–water partition coefficient (Wildman–Crippen LogP) is 2.24. The van der Waals surface area contributed by atoms with Gasteiger partial charge < -0.3 is 4.74 Å². The van der Waals surface area contributed by atoms with Gasteiger partial charge in [-0.25, -0.2) is 4.79 Å². The molecular formula is C11H18N2O2S. The SMILES string of the molecule is CCOC(=O)c1cnn(C)c1CSC(C)C. The first kappa shape index (κ1) is 13.1. The molecule has 16 heavy (non-hydrogen) atoms. The smallest absolute Gasteiger partial charge is 0.341 e. The van der Waals surface area contributed by atoms with E-state index in [1.807, 2.05) is 7.05 Å². The van der Waals surface area contributed by atoms with E-state index in [1.165, 1.54) is 0 Å². The molecule has 0 spiro atoms. The second kappa shape index (κ2) is 5.94. The largest absolute Gasteiger partial charge is 0.462 e. The quantitative estimate of drug-likeness (QED) is 0.743. The van der Waals surface area contributed by atoms with Crippen LogP contribution in [0.15, 0.2) is 6.20 Å². The normalized spacial score (nSPS) is 10.8. The fourth-order valence-corrected chi connectivity index (χ4v) is 2.09. The Bertz CT molecular complexity index is 361. The molecule has 0 fully saturated rings. The predicted molar refractivity (Wildman–Crippen MR) is 65.6 cm³/mol. The highest BCUT2D eigenvalue weighted by Crippen LogP contribution is 2.20. The summed E-state index contributed by atoms with van der Waals surface area (Å²) in [5, 5.41) is 4.63. The second-order valence-corrected chi connectivity index (χ2v) is 5.27. The number of carbonyl (C=O) groups is 1. The number of thioether (sulfide) groups is 1. The molecule has 1 aromatic rings. The molecular weight excluding hydrogens is 224 g/mol. The van der Waals surface area contributed by atoms with Crippen molar-refractivity contribution in [3.8, 4) is 0 Å². The lowest BCUT2D eigenvalue weighted by atomic mass is 10.3. The molecule has 5 heteroatoms. The Balaban J connectivity index is 2.81. The van der Waals surface area contributed by atoms with Crippen molar-refractivity contribution in [1.29, 1.82) is 0 Å². The molecule has 0 aliphatic carbocycles. The lowest BCUT2D eigenvalue weighted by Gasteiger charge is -2.07. The summed E-state index contributed by atoms with van der Waals surface area (Å²) in [4.78, 5) is 11.6. The molecule has 90 valence electrons. The summed E-state index contributed by atoms with van der Waals surface area (Å²) in [6, 6.07) is 0. The molecule has 0 atom stereocenters. The van der Waals surface area contributed by atoms with Gasteiger partial charge in [0.25, 0.3) is 0 Å². The number of carbonyl (C=O) groups excluding carboxylic acids is 1. The molecule has 0 bridgehead atoms. The van der Waals surface area contributed by atoms with E-state index in [2.05, 4.69) is 18.9 Å². The van der Waals surface area contributed by atoms with Crippen molar-refractivity contribution >= 4 is 17.7 Å². The molecule has 0 aliphatic heterocycles. The zero-order chi connectivity index (χ0) is 12.1. The van der Waals surface area contributed by atoms with Gasteiger partial charge in [0.2, 0.25) is 0 Å². The molecule has 0 unspecified atom stereocenters. The summed E-state index contributed by atoms with van der Waals surface area (Å²) in [6.07, 6.45) is 1.58. The third kappa shape index (κ3) is 3.27. The van der Waals surface area contributed by atoms with Gasteiger partial charge >= 0.3 is 5.97 Å². The minimum Gasteiger partial charge on any atom is -0.462 e. The Kier molecular flexibility index (Phi) is 4.86. The van der Waals surface area contributed by atoms with E-state index in [0.29, 0.717) is 17.4 Å². The summed E-state index contributed by atoms with van der Waals surface area (Å²) in [5.74, 6) is 0.498. The third-order valence-corrected chi connectivity index (χ3v) is 3.22. The van der Waals surface area contributed by atoms with Crippen LogP contribution in [0.5, 0.6) is 0 Å². The van der Waals surface area contributed by atoms with Crippen LogP contribution < -0.4 is 0 Å². The Hall–Kier alpha value is -0.970. The van der Waals surface area contributed by atoms with E-state index in [4.69, 9.17) is 4.74 Å². The maximum Gasteiger partial charge on any atom is 0.341 e. The van der Waals surface area contributed by atoms with Crippen molar-refractivity contribution in [1.82, 2.24) is 9.78 Å².